The second kappa shape index (κ2) is 6.08. The van der Waals surface area contributed by atoms with E-state index >= 15 is 0 Å². The Morgan fingerprint density at radius 3 is 2.42 bits per heavy atom. The van der Waals surface area contributed by atoms with Gasteiger partial charge in [0.05, 0.1) is 13.2 Å². The SMILES string of the molecule is CC(CN1CCOCC1)N1C2CCCC1CC(N)C2. The number of nitrogens with two attached hydrogens (primary N) is 1. The van der Waals surface area contributed by atoms with Crippen molar-refractivity contribution in [3.63, 3.8) is 0 Å². The minimum atomic E-state index is 0.446. The number of morpholine rings is 1. The van der Waals surface area contributed by atoms with E-state index in [-0.39, 0.29) is 0 Å². The molecule has 0 saturated carbocycles. The summed E-state index contributed by atoms with van der Waals surface area (Å²) in [7, 11) is 0. The van der Waals surface area contributed by atoms with Crippen LogP contribution in [0, 0.1) is 0 Å². The molecule has 3 unspecified atom stereocenters. The van der Waals surface area contributed by atoms with Gasteiger partial charge in [0.25, 0.3) is 0 Å². The van der Waals surface area contributed by atoms with E-state index in [1.807, 2.05) is 0 Å². The van der Waals surface area contributed by atoms with E-state index in [4.69, 9.17) is 10.5 Å². The fourth-order valence-corrected chi connectivity index (χ4v) is 4.43. The standard InChI is InChI=1S/C15H29N3O/c1-12(11-17-5-7-19-8-6-17)18-14-3-2-4-15(18)10-13(16)9-14/h12-15H,2-11,16H2,1H3. The van der Waals surface area contributed by atoms with E-state index in [0.29, 0.717) is 12.1 Å². The lowest BCUT2D eigenvalue weighted by Gasteiger charge is -2.51. The summed E-state index contributed by atoms with van der Waals surface area (Å²) in [5.74, 6) is 0. The summed E-state index contributed by atoms with van der Waals surface area (Å²) in [5.41, 5.74) is 6.22. The summed E-state index contributed by atoms with van der Waals surface area (Å²) < 4.78 is 5.44. The van der Waals surface area contributed by atoms with Crippen molar-refractivity contribution in [2.75, 3.05) is 32.8 Å². The van der Waals surface area contributed by atoms with Crippen LogP contribution in [0.5, 0.6) is 0 Å². The molecule has 4 heteroatoms. The van der Waals surface area contributed by atoms with E-state index in [0.717, 1.165) is 38.4 Å². The van der Waals surface area contributed by atoms with Crippen LogP contribution in [0.2, 0.25) is 0 Å². The topological polar surface area (TPSA) is 41.7 Å². The average molecular weight is 267 g/mol. The predicted octanol–water partition coefficient (Wildman–Crippen LogP) is 1.05. The highest BCUT2D eigenvalue weighted by Gasteiger charge is 2.39. The molecule has 2 bridgehead atoms. The number of hydrogen-bond acceptors (Lipinski definition) is 4. The van der Waals surface area contributed by atoms with Crippen molar-refractivity contribution in [3.8, 4) is 0 Å². The summed E-state index contributed by atoms with van der Waals surface area (Å²) in [4.78, 5) is 5.38. The summed E-state index contributed by atoms with van der Waals surface area (Å²) >= 11 is 0. The van der Waals surface area contributed by atoms with Crippen molar-refractivity contribution in [1.29, 1.82) is 0 Å². The minimum absolute atomic E-state index is 0.446. The number of nitrogens with zero attached hydrogens (tertiary/aromatic N) is 2. The van der Waals surface area contributed by atoms with Crippen LogP contribution in [0.1, 0.15) is 39.0 Å². The molecule has 3 saturated heterocycles. The van der Waals surface area contributed by atoms with E-state index in [2.05, 4.69) is 16.7 Å². The van der Waals surface area contributed by atoms with Crippen molar-refractivity contribution in [2.24, 2.45) is 5.73 Å². The lowest BCUT2D eigenvalue weighted by Crippen LogP contribution is -2.60. The smallest absolute Gasteiger partial charge is 0.0594 e. The number of hydrogen-bond donors (Lipinski definition) is 1. The Bertz CT molecular complexity index is 279. The Labute approximate surface area is 117 Å². The molecule has 0 radical (unpaired) electrons. The van der Waals surface area contributed by atoms with Gasteiger partial charge < -0.3 is 10.5 Å². The van der Waals surface area contributed by atoms with E-state index in [1.165, 1.54) is 38.6 Å². The first kappa shape index (κ1) is 13.8. The van der Waals surface area contributed by atoms with Crippen LogP contribution >= 0.6 is 0 Å². The zero-order valence-corrected chi connectivity index (χ0v) is 12.3. The maximum atomic E-state index is 6.22. The molecule has 110 valence electrons. The molecule has 0 amide bonds. The molecular formula is C15H29N3O. The Balaban J connectivity index is 1.60. The molecule has 3 heterocycles. The van der Waals surface area contributed by atoms with Crippen LogP contribution in [0.25, 0.3) is 0 Å². The van der Waals surface area contributed by atoms with E-state index < -0.39 is 0 Å². The van der Waals surface area contributed by atoms with Crippen molar-refractivity contribution in [3.05, 3.63) is 0 Å². The molecule has 0 aromatic heterocycles. The zero-order valence-electron chi connectivity index (χ0n) is 12.3. The summed E-state index contributed by atoms with van der Waals surface area (Å²) in [5, 5.41) is 0. The Morgan fingerprint density at radius 1 is 1.16 bits per heavy atom. The first-order chi connectivity index (χ1) is 9.24. The van der Waals surface area contributed by atoms with Gasteiger partial charge in [-0.15, -0.1) is 0 Å². The lowest BCUT2D eigenvalue weighted by atomic mass is 9.81. The highest BCUT2D eigenvalue weighted by atomic mass is 16.5. The molecule has 0 aromatic rings. The lowest BCUT2D eigenvalue weighted by molar-refractivity contribution is -0.0259. The van der Waals surface area contributed by atoms with Gasteiger partial charge in [0, 0.05) is 43.8 Å². The van der Waals surface area contributed by atoms with Crippen LogP contribution in [-0.4, -0.2) is 66.8 Å². The fourth-order valence-electron chi connectivity index (χ4n) is 4.43. The van der Waals surface area contributed by atoms with E-state index in [1.54, 1.807) is 0 Å². The van der Waals surface area contributed by atoms with E-state index in [9.17, 15) is 0 Å². The number of rotatable bonds is 3. The summed E-state index contributed by atoms with van der Waals surface area (Å²) in [6.07, 6.45) is 6.55. The Kier molecular flexibility index (Phi) is 4.42. The number of piperidine rings is 2. The van der Waals surface area contributed by atoms with Gasteiger partial charge in [-0.2, -0.15) is 0 Å². The fraction of sp³-hybridized carbons (Fsp3) is 1.00. The first-order valence-electron chi connectivity index (χ1n) is 8.07. The number of ether oxygens (including phenoxy) is 1. The third kappa shape index (κ3) is 3.13. The van der Waals surface area contributed by atoms with Gasteiger partial charge in [-0.3, -0.25) is 9.80 Å². The molecule has 4 nitrogen and oxygen atoms in total. The van der Waals surface area contributed by atoms with Gasteiger partial charge in [-0.1, -0.05) is 6.42 Å². The first-order valence-corrected chi connectivity index (χ1v) is 8.07. The zero-order chi connectivity index (χ0) is 13.2. The molecule has 3 aliphatic heterocycles. The summed E-state index contributed by atoms with van der Waals surface area (Å²) in [6, 6.07) is 2.61. The predicted molar refractivity (Wildman–Crippen MR) is 77.2 cm³/mol. The van der Waals surface area contributed by atoms with Crippen LogP contribution < -0.4 is 5.73 Å². The second-order valence-corrected chi connectivity index (χ2v) is 6.68. The van der Waals surface area contributed by atoms with Crippen LogP contribution in [0.15, 0.2) is 0 Å². The largest absolute Gasteiger partial charge is 0.379 e. The molecule has 3 rings (SSSR count). The summed E-state index contributed by atoms with van der Waals surface area (Å²) in [6.45, 7) is 7.64. The monoisotopic (exact) mass is 267 g/mol. The second-order valence-electron chi connectivity index (χ2n) is 6.68. The molecule has 19 heavy (non-hydrogen) atoms. The van der Waals surface area contributed by atoms with Gasteiger partial charge in [0.15, 0.2) is 0 Å². The maximum Gasteiger partial charge on any atom is 0.0594 e. The van der Waals surface area contributed by atoms with Crippen molar-refractivity contribution in [1.82, 2.24) is 9.80 Å². The molecule has 3 aliphatic rings. The molecule has 0 aliphatic carbocycles. The average Bonchev–Trinajstić information content (AvgIpc) is 2.38. The van der Waals surface area contributed by atoms with Crippen LogP contribution in [0.3, 0.4) is 0 Å². The molecule has 0 spiro atoms. The highest BCUT2D eigenvalue weighted by molar-refractivity contribution is 4.96. The number of fused-ring (bicyclic) bond motifs is 2. The normalized spacial score (nSPS) is 39.2. The highest BCUT2D eigenvalue weighted by Crippen LogP contribution is 2.35. The van der Waals surface area contributed by atoms with Crippen molar-refractivity contribution in [2.45, 2.75) is 63.2 Å². The molecular weight excluding hydrogens is 238 g/mol. The molecule has 2 N–H and O–H groups in total. The van der Waals surface area contributed by atoms with Gasteiger partial charge in [-0.05, 0) is 32.6 Å². The molecule has 0 aromatic carbocycles. The van der Waals surface area contributed by atoms with Crippen molar-refractivity contribution < 1.29 is 4.74 Å². The minimum Gasteiger partial charge on any atom is -0.379 e. The third-order valence-corrected chi connectivity index (χ3v) is 5.20. The van der Waals surface area contributed by atoms with Crippen LogP contribution in [-0.2, 0) is 4.74 Å². The van der Waals surface area contributed by atoms with Crippen LogP contribution in [0.4, 0.5) is 0 Å². The third-order valence-electron chi connectivity index (χ3n) is 5.20. The Morgan fingerprint density at radius 2 is 1.79 bits per heavy atom. The Hall–Kier alpha value is -0.160. The maximum absolute atomic E-state index is 6.22. The molecule has 3 atom stereocenters. The quantitative estimate of drug-likeness (QED) is 0.830. The van der Waals surface area contributed by atoms with Gasteiger partial charge >= 0.3 is 0 Å². The van der Waals surface area contributed by atoms with Gasteiger partial charge in [0.2, 0.25) is 0 Å². The van der Waals surface area contributed by atoms with Crippen molar-refractivity contribution >= 4 is 0 Å². The van der Waals surface area contributed by atoms with Gasteiger partial charge in [0.1, 0.15) is 0 Å². The molecule has 3 fully saturated rings. The van der Waals surface area contributed by atoms with Gasteiger partial charge in [-0.25, -0.2) is 0 Å².